The molecule has 0 saturated heterocycles. The van der Waals surface area contributed by atoms with E-state index in [2.05, 4.69) is 6.08 Å². The van der Waals surface area contributed by atoms with Gasteiger partial charge in [0, 0.05) is 18.6 Å². The SMILES string of the molecule is O=C(Oc1ccc([N+](=O)[O-])cc1)OC1C/C=C/CCCC1. The van der Waals surface area contributed by atoms with Crippen molar-refractivity contribution in [1.29, 1.82) is 0 Å². The van der Waals surface area contributed by atoms with Crippen molar-refractivity contribution in [2.24, 2.45) is 0 Å². The molecule has 6 nitrogen and oxygen atoms in total. The van der Waals surface area contributed by atoms with Crippen LogP contribution in [0.5, 0.6) is 5.75 Å². The molecule has 0 heterocycles. The number of nitro groups is 1. The fourth-order valence-electron chi connectivity index (χ4n) is 2.12. The molecule has 0 aromatic heterocycles. The average molecular weight is 291 g/mol. The Balaban J connectivity index is 1.87. The Morgan fingerprint density at radius 3 is 2.67 bits per heavy atom. The van der Waals surface area contributed by atoms with E-state index in [9.17, 15) is 14.9 Å². The maximum absolute atomic E-state index is 11.7. The predicted octanol–water partition coefficient (Wildman–Crippen LogP) is 4.00. The molecule has 0 saturated carbocycles. The monoisotopic (exact) mass is 291 g/mol. The van der Waals surface area contributed by atoms with Crippen LogP contribution >= 0.6 is 0 Å². The number of ether oxygens (including phenoxy) is 2. The zero-order valence-corrected chi connectivity index (χ0v) is 11.6. The number of nitrogens with zero attached hydrogens (tertiary/aromatic N) is 1. The summed E-state index contributed by atoms with van der Waals surface area (Å²) >= 11 is 0. The second-order valence-electron chi connectivity index (χ2n) is 4.83. The summed E-state index contributed by atoms with van der Waals surface area (Å²) in [6, 6.07) is 5.30. The largest absolute Gasteiger partial charge is 0.514 e. The molecule has 2 rings (SSSR count). The molecule has 1 atom stereocenters. The van der Waals surface area contributed by atoms with Gasteiger partial charge in [-0.1, -0.05) is 12.2 Å². The first-order valence-electron chi connectivity index (χ1n) is 6.93. The van der Waals surface area contributed by atoms with E-state index >= 15 is 0 Å². The minimum Gasteiger partial charge on any atom is -0.430 e. The maximum atomic E-state index is 11.7. The Hall–Kier alpha value is -2.37. The van der Waals surface area contributed by atoms with Gasteiger partial charge in [-0.3, -0.25) is 10.1 Å². The molecule has 1 aromatic rings. The van der Waals surface area contributed by atoms with E-state index in [0.29, 0.717) is 6.42 Å². The lowest BCUT2D eigenvalue weighted by Crippen LogP contribution is -2.21. The normalized spacial score (nSPS) is 19.9. The van der Waals surface area contributed by atoms with Crippen LogP contribution in [0.4, 0.5) is 10.5 Å². The number of carbonyl (C=O) groups is 1. The van der Waals surface area contributed by atoms with Crippen LogP contribution < -0.4 is 4.74 Å². The predicted molar refractivity (Wildman–Crippen MR) is 76.2 cm³/mol. The number of carbonyl (C=O) groups excluding carboxylic acids is 1. The summed E-state index contributed by atoms with van der Waals surface area (Å²) in [5.41, 5.74) is -0.0547. The number of hydrogen-bond donors (Lipinski definition) is 0. The van der Waals surface area contributed by atoms with Gasteiger partial charge in [-0.05, 0) is 37.8 Å². The number of allylic oxidation sites excluding steroid dienone is 1. The Bertz CT molecular complexity index is 523. The first-order chi connectivity index (χ1) is 10.1. The second kappa shape index (κ2) is 7.42. The van der Waals surface area contributed by atoms with E-state index in [1.807, 2.05) is 6.08 Å². The van der Waals surface area contributed by atoms with Gasteiger partial charge in [0.2, 0.25) is 0 Å². The highest BCUT2D eigenvalue weighted by Gasteiger charge is 2.16. The van der Waals surface area contributed by atoms with Crippen molar-refractivity contribution in [1.82, 2.24) is 0 Å². The van der Waals surface area contributed by atoms with Crippen molar-refractivity contribution in [2.45, 2.75) is 38.2 Å². The van der Waals surface area contributed by atoms with Gasteiger partial charge in [0.05, 0.1) is 4.92 Å². The molecule has 0 amide bonds. The Labute approximate surface area is 122 Å². The van der Waals surface area contributed by atoms with Crippen LogP contribution in [0.15, 0.2) is 36.4 Å². The summed E-state index contributed by atoms with van der Waals surface area (Å²) in [7, 11) is 0. The molecule has 112 valence electrons. The number of hydrogen-bond acceptors (Lipinski definition) is 5. The molecule has 0 radical (unpaired) electrons. The quantitative estimate of drug-likeness (QED) is 0.276. The molecule has 0 spiro atoms. The number of non-ortho nitro benzene ring substituents is 1. The third-order valence-electron chi connectivity index (χ3n) is 3.22. The molecule has 21 heavy (non-hydrogen) atoms. The summed E-state index contributed by atoms with van der Waals surface area (Å²) < 4.78 is 10.3. The van der Waals surface area contributed by atoms with Crippen LogP contribution in [-0.2, 0) is 4.74 Å². The lowest BCUT2D eigenvalue weighted by Gasteiger charge is -2.17. The van der Waals surface area contributed by atoms with E-state index in [0.717, 1.165) is 25.7 Å². The molecular formula is C15H17NO5. The van der Waals surface area contributed by atoms with E-state index in [-0.39, 0.29) is 17.5 Å². The van der Waals surface area contributed by atoms with Crippen LogP contribution in [0.1, 0.15) is 32.1 Å². The Morgan fingerprint density at radius 1 is 1.19 bits per heavy atom. The van der Waals surface area contributed by atoms with Crippen molar-refractivity contribution in [3.8, 4) is 5.75 Å². The molecule has 0 bridgehead atoms. The molecule has 0 fully saturated rings. The topological polar surface area (TPSA) is 78.7 Å². The lowest BCUT2D eigenvalue weighted by molar-refractivity contribution is -0.384. The highest BCUT2D eigenvalue weighted by molar-refractivity contribution is 5.64. The first kappa shape index (κ1) is 15.0. The summed E-state index contributed by atoms with van der Waals surface area (Å²) in [6.45, 7) is 0. The molecule has 1 aromatic carbocycles. The highest BCUT2D eigenvalue weighted by Crippen LogP contribution is 2.19. The van der Waals surface area contributed by atoms with Gasteiger partial charge in [-0.25, -0.2) is 4.79 Å². The van der Waals surface area contributed by atoms with E-state index in [4.69, 9.17) is 9.47 Å². The number of nitro benzene ring substituents is 1. The van der Waals surface area contributed by atoms with Crippen molar-refractivity contribution in [3.05, 3.63) is 46.5 Å². The molecule has 6 heteroatoms. The third kappa shape index (κ3) is 4.91. The van der Waals surface area contributed by atoms with Crippen molar-refractivity contribution in [3.63, 3.8) is 0 Å². The van der Waals surface area contributed by atoms with Gasteiger partial charge in [-0.15, -0.1) is 0 Å². The number of rotatable bonds is 3. The molecule has 1 unspecified atom stereocenters. The minimum atomic E-state index is -0.775. The average Bonchev–Trinajstić information content (AvgIpc) is 2.42. The Morgan fingerprint density at radius 2 is 1.95 bits per heavy atom. The summed E-state index contributed by atoms with van der Waals surface area (Å²) in [6.07, 6.45) is 7.85. The van der Waals surface area contributed by atoms with Crippen LogP contribution in [0.25, 0.3) is 0 Å². The minimum absolute atomic E-state index is 0.0547. The van der Waals surface area contributed by atoms with Gasteiger partial charge >= 0.3 is 6.16 Å². The van der Waals surface area contributed by atoms with Crippen LogP contribution in [-0.4, -0.2) is 17.2 Å². The third-order valence-corrected chi connectivity index (χ3v) is 3.22. The fourth-order valence-corrected chi connectivity index (χ4v) is 2.12. The van der Waals surface area contributed by atoms with Crippen LogP contribution in [0.3, 0.4) is 0 Å². The van der Waals surface area contributed by atoms with Gasteiger partial charge in [-0.2, -0.15) is 0 Å². The van der Waals surface area contributed by atoms with Gasteiger partial charge < -0.3 is 9.47 Å². The van der Waals surface area contributed by atoms with Crippen molar-refractivity contribution in [2.75, 3.05) is 0 Å². The summed E-state index contributed by atoms with van der Waals surface area (Å²) in [4.78, 5) is 21.7. The maximum Gasteiger partial charge on any atom is 0.514 e. The van der Waals surface area contributed by atoms with Gasteiger partial charge in [0.15, 0.2) is 0 Å². The molecule has 1 aliphatic rings. The lowest BCUT2D eigenvalue weighted by atomic mass is 10.0. The smallest absolute Gasteiger partial charge is 0.430 e. The van der Waals surface area contributed by atoms with Gasteiger partial charge in [0.1, 0.15) is 11.9 Å². The summed E-state index contributed by atoms with van der Waals surface area (Å²) in [5, 5.41) is 10.5. The summed E-state index contributed by atoms with van der Waals surface area (Å²) in [5.74, 6) is 0.229. The zero-order valence-electron chi connectivity index (χ0n) is 11.6. The van der Waals surface area contributed by atoms with E-state index < -0.39 is 11.1 Å². The second-order valence-corrected chi connectivity index (χ2v) is 4.83. The first-order valence-corrected chi connectivity index (χ1v) is 6.93. The van der Waals surface area contributed by atoms with Crippen molar-refractivity contribution < 1.29 is 19.2 Å². The van der Waals surface area contributed by atoms with E-state index in [1.54, 1.807) is 0 Å². The Kier molecular flexibility index (Phi) is 5.31. The zero-order chi connectivity index (χ0) is 15.1. The van der Waals surface area contributed by atoms with Crippen LogP contribution in [0, 0.1) is 10.1 Å². The molecular weight excluding hydrogens is 274 g/mol. The molecule has 1 aliphatic carbocycles. The van der Waals surface area contributed by atoms with Gasteiger partial charge in [0.25, 0.3) is 5.69 Å². The number of benzene rings is 1. The van der Waals surface area contributed by atoms with Crippen molar-refractivity contribution >= 4 is 11.8 Å². The molecule has 0 N–H and O–H groups in total. The van der Waals surface area contributed by atoms with Crippen LogP contribution in [0.2, 0.25) is 0 Å². The fraction of sp³-hybridized carbons (Fsp3) is 0.400. The standard InChI is InChI=1S/C15H17NO5/c17-15(20-13-6-4-2-1-3-5-7-13)21-14-10-8-12(9-11-14)16(18)19/h2,4,8-11,13H,1,3,5-7H2/b4-2+. The van der Waals surface area contributed by atoms with E-state index in [1.165, 1.54) is 24.3 Å². The highest BCUT2D eigenvalue weighted by atomic mass is 16.7. The molecule has 0 aliphatic heterocycles.